The molecule has 2 heterocycles. The highest BCUT2D eigenvalue weighted by atomic mass is 16.5. The van der Waals surface area contributed by atoms with Crippen molar-refractivity contribution in [3.05, 3.63) is 71.8 Å². The van der Waals surface area contributed by atoms with Gasteiger partial charge in [-0.2, -0.15) is 0 Å². The largest absolute Gasteiger partial charge is 0.426 e. The minimum atomic E-state index is -0.553. The second-order valence-electron chi connectivity index (χ2n) is 10.1. The number of ether oxygens (including phenoxy) is 1. The molecule has 3 amide bonds. The van der Waals surface area contributed by atoms with Crippen LogP contribution in [0.15, 0.2) is 60.7 Å². The molecule has 5 rings (SSSR count). The molecule has 36 heavy (non-hydrogen) atoms. The summed E-state index contributed by atoms with van der Waals surface area (Å²) in [5, 5.41) is 0. The molecule has 0 aromatic heterocycles. The van der Waals surface area contributed by atoms with Gasteiger partial charge < -0.3 is 9.64 Å². The predicted molar refractivity (Wildman–Crippen MR) is 134 cm³/mol. The van der Waals surface area contributed by atoms with Crippen molar-refractivity contribution in [3.8, 4) is 5.75 Å². The van der Waals surface area contributed by atoms with Gasteiger partial charge in [0.05, 0.1) is 29.5 Å². The molecule has 5 atom stereocenters. The van der Waals surface area contributed by atoms with Crippen LogP contribution in [0.25, 0.3) is 0 Å². The number of hydrogen-bond donors (Lipinski definition) is 0. The van der Waals surface area contributed by atoms with Crippen LogP contribution in [0, 0.1) is 30.6 Å². The fourth-order valence-electron chi connectivity index (χ4n) is 5.70. The van der Waals surface area contributed by atoms with E-state index in [1.165, 1.54) is 4.90 Å². The van der Waals surface area contributed by atoms with E-state index < -0.39 is 11.9 Å². The lowest BCUT2D eigenvalue weighted by molar-refractivity contribution is -0.139. The van der Waals surface area contributed by atoms with Crippen molar-refractivity contribution in [1.29, 1.82) is 0 Å². The molecule has 0 saturated carbocycles. The summed E-state index contributed by atoms with van der Waals surface area (Å²) in [5.74, 6) is -1.75. The fraction of sp³-hybridized carbons (Fsp3) is 0.379. The number of nitrogens with zero attached hydrogens (tertiary/aromatic N) is 2. The third-order valence-corrected chi connectivity index (χ3v) is 7.74. The quantitative estimate of drug-likeness (QED) is 0.274. The molecule has 186 valence electrons. The van der Waals surface area contributed by atoms with E-state index in [9.17, 15) is 19.2 Å². The van der Waals surface area contributed by atoms with Crippen molar-refractivity contribution in [2.24, 2.45) is 23.7 Å². The first-order valence-corrected chi connectivity index (χ1v) is 12.5. The lowest BCUT2D eigenvalue weighted by atomic mass is 9.78. The van der Waals surface area contributed by atoms with E-state index in [1.54, 1.807) is 30.0 Å². The van der Waals surface area contributed by atoms with Crippen LogP contribution in [0.1, 0.15) is 43.9 Å². The van der Waals surface area contributed by atoms with Gasteiger partial charge >= 0.3 is 5.97 Å². The molecule has 0 N–H and O–H groups in total. The van der Waals surface area contributed by atoms with E-state index in [0.717, 1.165) is 5.56 Å². The molecule has 7 heteroatoms. The molecule has 0 bridgehead atoms. The molecule has 0 spiro atoms. The monoisotopic (exact) mass is 486 g/mol. The summed E-state index contributed by atoms with van der Waals surface area (Å²) in [5.41, 5.74) is 2.20. The highest BCUT2D eigenvalue weighted by molar-refractivity contribution is 6.22. The number of benzene rings is 2. The zero-order valence-corrected chi connectivity index (χ0v) is 20.7. The number of fused-ring (bicyclic) bond motifs is 1. The van der Waals surface area contributed by atoms with Crippen LogP contribution in [0.5, 0.6) is 5.75 Å². The van der Waals surface area contributed by atoms with Crippen LogP contribution in [0.4, 0.5) is 5.69 Å². The topological polar surface area (TPSA) is 84.0 Å². The summed E-state index contributed by atoms with van der Waals surface area (Å²) in [4.78, 5) is 54.7. The van der Waals surface area contributed by atoms with Gasteiger partial charge in [0.15, 0.2) is 0 Å². The van der Waals surface area contributed by atoms with Gasteiger partial charge in [0, 0.05) is 13.0 Å². The average Bonchev–Trinajstić information content (AvgIpc) is 3.37. The first-order chi connectivity index (χ1) is 17.3. The summed E-state index contributed by atoms with van der Waals surface area (Å²) >= 11 is 0. The highest BCUT2D eigenvalue weighted by Gasteiger charge is 2.50. The molecule has 0 unspecified atom stereocenters. The number of aryl methyl sites for hydroxylation is 1. The van der Waals surface area contributed by atoms with Crippen LogP contribution < -0.4 is 9.64 Å². The van der Waals surface area contributed by atoms with Gasteiger partial charge in [-0.25, -0.2) is 4.90 Å². The van der Waals surface area contributed by atoms with Crippen molar-refractivity contribution in [1.82, 2.24) is 4.90 Å². The van der Waals surface area contributed by atoms with E-state index in [2.05, 4.69) is 0 Å². The van der Waals surface area contributed by atoms with Crippen molar-refractivity contribution < 1.29 is 23.9 Å². The van der Waals surface area contributed by atoms with Crippen LogP contribution in [0.3, 0.4) is 0 Å². The minimum absolute atomic E-state index is 0.0176. The molecule has 2 aliphatic heterocycles. The van der Waals surface area contributed by atoms with Gasteiger partial charge in [-0.1, -0.05) is 49.4 Å². The summed E-state index contributed by atoms with van der Waals surface area (Å²) in [7, 11) is 0. The molecule has 3 aliphatic rings. The summed E-state index contributed by atoms with van der Waals surface area (Å²) in [6, 6.07) is 14.5. The zero-order chi connectivity index (χ0) is 25.6. The number of allylic oxidation sites excluding steroid dienone is 2. The van der Waals surface area contributed by atoms with E-state index in [4.69, 9.17) is 4.74 Å². The Labute approximate surface area is 210 Å². The number of hydrogen-bond acceptors (Lipinski definition) is 5. The number of esters is 1. The Balaban J connectivity index is 1.27. The van der Waals surface area contributed by atoms with Crippen LogP contribution in [-0.4, -0.2) is 35.1 Å². The first-order valence-electron chi connectivity index (χ1n) is 12.5. The van der Waals surface area contributed by atoms with E-state index >= 15 is 0 Å². The number of imide groups is 1. The Morgan fingerprint density at radius 1 is 1.06 bits per heavy atom. The average molecular weight is 487 g/mol. The number of anilines is 1. The Morgan fingerprint density at radius 2 is 1.81 bits per heavy atom. The number of carbonyl (C=O) groups is 4. The zero-order valence-electron chi connectivity index (χ0n) is 20.7. The SMILES string of the molecule is Cc1cc(OC(=O)[C@@H]2CC(=O)N([C@H](C)c3ccccc3)C2)ccc1N1C(=O)[C@H]2[C@H](C)C=CC[C@H]2C1=O. The normalized spacial score (nSPS) is 26.4. The maximum Gasteiger partial charge on any atom is 0.316 e. The number of carbonyl (C=O) groups excluding carboxylic acids is 4. The van der Waals surface area contributed by atoms with Crippen molar-refractivity contribution >= 4 is 29.4 Å². The maximum absolute atomic E-state index is 13.1. The second-order valence-corrected chi connectivity index (χ2v) is 10.1. The molecular formula is C29H30N2O5. The molecule has 0 radical (unpaired) electrons. The lowest BCUT2D eigenvalue weighted by Crippen LogP contribution is -2.32. The smallest absolute Gasteiger partial charge is 0.316 e. The number of amides is 3. The van der Waals surface area contributed by atoms with Crippen LogP contribution in [0.2, 0.25) is 0 Å². The van der Waals surface area contributed by atoms with Crippen LogP contribution in [-0.2, 0) is 19.2 Å². The minimum Gasteiger partial charge on any atom is -0.426 e. The second kappa shape index (κ2) is 9.37. The standard InChI is InChI=1S/C29H30N2O5/c1-17-8-7-11-23-26(17)28(34)31(27(23)33)24-13-12-22(14-18(24)2)36-29(35)21-15-25(32)30(16-21)19(3)20-9-5-4-6-10-20/h4-10,12-14,17,19,21,23,26H,11,15-16H2,1-3H3/t17-,19-,21-,23-,26+/m1/s1. The highest BCUT2D eigenvalue weighted by Crippen LogP contribution is 2.41. The predicted octanol–water partition coefficient (Wildman–Crippen LogP) is 4.21. The Bertz CT molecular complexity index is 1250. The van der Waals surface area contributed by atoms with Crippen molar-refractivity contribution in [3.63, 3.8) is 0 Å². The van der Waals surface area contributed by atoms with E-state index in [-0.39, 0.29) is 47.9 Å². The fourth-order valence-corrected chi connectivity index (χ4v) is 5.70. The van der Waals surface area contributed by atoms with Gasteiger partial charge in [-0.15, -0.1) is 0 Å². The molecule has 2 aromatic carbocycles. The maximum atomic E-state index is 13.1. The van der Waals surface area contributed by atoms with E-state index in [1.807, 2.05) is 56.3 Å². The summed E-state index contributed by atoms with van der Waals surface area (Å²) in [6.45, 7) is 6.01. The van der Waals surface area contributed by atoms with Gasteiger partial charge in [0.1, 0.15) is 5.75 Å². The molecule has 2 saturated heterocycles. The Morgan fingerprint density at radius 3 is 2.50 bits per heavy atom. The molecule has 2 aromatic rings. The molecular weight excluding hydrogens is 456 g/mol. The van der Waals surface area contributed by atoms with Gasteiger partial charge in [0.25, 0.3) is 0 Å². The van der Waals surface area contributed by atoms with Crippen molar-refractivity contribution in [2.75, 3.05) is 11.4 Å². The molecule has 1 aliphatic carbocycles. The third kappa shape index (κ3) is 4.12. The molecule has 2 fully saturated rings. The van der Waals surface area contributed by atoms with Crippen molar-refractivity contribution in [2.45, 2.75) is 39.7 Å². The van der Waals surface area contributed by atoms with Gasteiger partial charge in [-0.05, 0) is 55.5 Å². The summed E-state index contributed by atoms with van der Waals surface area (Å²) in [6.07, 6.45) is 4.66. The third-order valence-electron chi connectivity index (χ3n) is 7.74. The Hall–Kier alpha value is -3.74. The number of rotatable bonds is 5. The summed E-state index contributed by atoms with van der Waals surface area (Å²) < 4.78 is 5.63. The van der Waals surface area contributed by atoms with E-state index in [0.29, 0.717) is 30.0 Å². The lowest BCUT2D eigenvalue weighted by Gasteiger charge is -2.25. The van der Waals surface area contributed by atoms with Gasteiger partial charge in [-0.3, -0.25) is 19.2 Å². The molecule has 7 nitrogen and oxygen atoms in total. The van der Waals surface area contributed by atoms with Crippen LogP contribution >= 0.6 is 0 Å². The van der Waals surface area contributed by atoms with Gasteiger partial charge in [0.2, 0.25) is 17.7 Å². The Kier molecular flexibility index (Phi) is 6.24. The number of likely N-dealkylation sites (tertiary alicyclic amines) is 1. The first kappa shape index (κ1) is 24.0.